The van der Waals surface area contributed by atoms with E-state index in [2.05, 4.69) is 11.3 Å². The molecule has 0 spiro atoms. The molecule has 14 heavy (non-hydrogen) atoms. The Bertz CT molecular complexity index is 301. The minimum atomic E-state index is -0.497. The van der Waals surface area contributed by atoms with Crippen LogP contribution in [0.2, 0.25) is 0 Å². The Kier molecular flexibility index (Phi) is 3.34. The molecule has 1 aliphatic heterocycles. The molecule has 1 heterocycles. The van der Waals surface area contributed by atoms with Gasteiger partial charge in [0.2, 0.25) is 0 Å². The van der Waals surface area contributed by atoms with Gasteiger partial charge in [-0.3, -0.25) is 0 Å². The van der Waals surface area contributed by atoms with Crippen LogP contribution < -0.4 is 0 Å². The second-order valence-corrected chi connectivity index (χ2v) is 2.72. The van der Waals surface area contributed by atoms with Crippen molar-refractivity contribution in [2.45, 2.75) is 13.2 Å². The van der Waals surface area contributed by atoms with Gasteiger partial charge in [0.1, 0.15) is 5.76 Å². The third-order valence-corrected chi connectivity index (χ3v) is 1.70. The van der Waals surface area contributed by atoms with Gasteiger partial charge in [0.15, 0.2) is 0 Å². The molecule has 0 aromatic rings. The molecule has 1 atom stereocenters. The molecule has 0 amide bonds. The van der Waals surface area contributed by atoms with Gasteiger partial charge in [-0.2, -0.15) is 0 Å². The standard InChI is InChI=1S/C10H12O4/c1-7-6-10(14-8(7)2)13-5-4-9(11)12-3/h4-6,10H,2H2,1,3H3/b5-4+/t10-/m1/s1. The monoisotopic (exact) mass is 196 g/mol. The van der Waals surface area contributed by atoms with Gasteiger partial charge in [-0.25, -0.2) is 4.79 Å². The number of esters is 1. The Balaban J connectivity index is 2.38. The van der Waals surface area contributed by atoms with Gasteiger partial charge in [-0.05, 0) is 12.5 Å². The third-order valence-electron chi connectivity index (χ3n) is 1.70. The molecule has 0 bridgehead atoms. The molecule has 0 aliphatic carbocycles. The summed E-state index contributed by atoms with van der Waals surface area (Å²) in [5.74, 6) is 0.115. The average Bonchev–Trinajstić information content (AvgIpc) is 2.46. The lowest BCUT2D eigenvalue weighted by Crippen LogP contribution is -2.05. The molecule has 0 aromatic heterocycles. The lowest BCUT2D eigenvalue weighted by Gasteiger charge is -2.08. The summed E-state index contributed by atoms with van der Waals surface area (Å²) in [6, 6.07) is 0. The summed E-state index contributed by atoms with van der Waals surface area (Å²) in [5.41, 5.74) is 0.932. The first kappa shape index (κ1) is 10.4. The van der Waals surface area contributed by atoms with Crippen LogP contribution in [0.15, 0.2) is 36.3 Å². The number of ether oxygens (including phenoxy) is 3. The van der Waals surface area contributed by atoms with E-state index in [1.807, 2.05) is 6.92 Å². The zero-order valence-electron chi connectivity index (χ0n) is 8.15. The number of rotatable bonds is 3. The minimum Gasteiger partial charge on any atom is -0.466 e. The van der Waals surface area contributed by atoms with Gasteiger partial charge >= 0.3 is 5.97 Å². The van der Waals surface area contributed by atoms with E-state index in [0.717, 1.165) is 5.57 Å². The lowest BCUT2D eigenvalue weighted by atomic mass is 10.3. The molecule has 1 aliphatic rings. The van der Waals surface area contributed by atoms with Gasteiger partial charge in [0, 0.05) is 6.08 Å². The van der Waals surface area contributed by atoms with Crippen LogP contribution in [0.3, 0.4) is 0 Å². The lowest BCUT2D eigenvalue weighted by molar-refractivity contribution is -0.135. The molecule has 0 aromatic carbocycles. The molecule has 0 saturated heterocycles. The molecule has 0 fully saturated rings. The highest BCUT2D eigenvalue weighted by Crippen LogP contribution is 2.21. The van der Waals surface area contributed by atoms with Gasteiger partial charge < -0.3 is 14.2 Å². The number of hydrogen-bond acceptors (Lipinski definition) is 4. The SMILES string of the molecule is C=C1O[C@@H](O/C=C/C(=O)OC)C=C1C. The van der Waals surface area contributed by atoms with Crippen molar-refractivity contribution in [2.24, 2.45) is 0 Å². The Hall–Kier alpha value is -1.71. The van der Waals surface area contributed by atoms with Crippen molar-refractivity contribution in [3.05, 3.63) is 36.3 Å². The fraction of sp³-hybridized carbons (Fsp3) is 0.300. The molecule has 4 nitrogen and oxygen atoms in total. The van der Waals surface area contributed by atoms with Crippen LogP contribution in [-0.2, 0) is 19.0 Å². The predicted octanol–water partition coefficient (Wildman–Crippen LogP) is 1.51. The van der Waals surface area contributed by atoms with Crippen LogP contribution >= 0.6 is 0 Å². The van der Waals surface area contributed by atoms with Crippen LogP contribution in [0, 0.1) is 0 Å². The maximum absolute atomic E-state index is 10.7. The van der Waals surface area contributed by atoms with E-state index in [9.17, 15) is 4.79 Å². The van der Waals surface area contributed by atoms with Crippen molar-refractivity contribution in [3.8, 4) is 0 Å². The van der Waals surface area contributed by atoms with Crippen molar-refractivity contribution in [1.29, 1.82) is 0 Å². The summed E-state index contributed by atoms with van der Waals surface area (Å²) in [6.45, 7) is 5.53. The summed E-state index contributed by atoms with van der Waals surface area (Å²) >= 11 is 0. The molecule has 0 unspecified atom stereocenters. The van der Waals surface area contributed by atoms with Crippen molar-refractivity contribution < 1.29 is 19.0 Å². The largest absolute Gasteiger partial charge is 0.466 e. The Labute approximate surface area is 82.5 Å². The first-order valence-corrected chi connectivity index (χ1v) is 4.08. The first-order chi connectivity index (χ1) is 6.63. The Morgan fingerprint density at radius 2 is 2.43 bits per heavy atom. The zero-order chi connectivity index (χ0) is 10.6. The summed E-state index contributed by atoms with van der Waals surface area (Å²) in [4.78, 5) is 10.7. The highest BCUT2D eigenvalue weighted by Gasteiger charge is 2.17. The van der Waals surface area contributed by atoms with Crippen LogP contribution in [0.25, 0.3) is 0 Å². The van der Waals surface area contributed by atoms with Crippen LogP contribution in [0.1, 0.15) is 6.92 Å². The third kappa shape index (κ3) is 2.65. The first-order valence-electron chi connectivity index (χ1n) is 4.08. The van der Waals surface area contributed by atoms with Crippen LogP contribution in [0.4, 0.5) is 0 Å². The minimum absolute atomic E-state index is 0.470. The normalized spacial score (nSPS) is 20.6. The van der Waals surface area contributed by atoms with Gasteiger partial charge in [0.05, 0.1) is 19.4 Å². The van der Waals surface area contributed by atoms with E-state index in [4.69, 9.17) is 9.47 Å². The van der Waals surface area contributed by atoms with E-state index in [0.29, 0.717) is 5.76 Å². The number of allylic oxidation sites excluding steroid dienone is 1. The molecule has 0 radical (unpaired) electrons. The fourth-order valence-corrected chi connectivity index (χ4v) is 0.872. The van der Waals surface area contributed by atoms with Gasteiger partial charge in [-0.15, -0.1) is 0 Å². The molecular formula is C10H12O4. The second-order valence-electron chi connectivity index (χ2n) is 2.72. The maximum Gasteiger partial charge on any atom is 0.333 e. The summed E-state index contributed by atoms with van der Waals surface area (Å²) < 4.78 is 14.6. The second kappa shape index (κ2) is 4.50. The number of carbonyl (C=O) groups excluding carboxylic acids is 1. The van der Waals surface area contributed by atoms with E-state index in [1.165, 1.54) is 19.4 Å². The van der Waals surface area contributed by atoms with Gasteiger partial charge in [0.25, 0.3) is 6.29 Å². The Morgan fingerprint density at radius 1 is 1.71 bits per heavy atom. The molecule has 4 heteroatoms. The molecule has 0 N–H and O–H groups in total. The highest BCUT2D eigenvalue weighted by atomic mass is 16.7. The smallest absolute Gasteiger partial charge is 0.333 e. The van der Waals surface area contributed by atoms with E-state index >= 15 is 0 Å². The fourth-order valence-electron chi connectivity index (χ4n) is 0.872. The molecule has 1 rings (SSSR count). The van der Waals surface area contributed by atoms with Crippen molar-refractivity contribution in [3.63, 3.8) is 0 Å². The number of carbonyl (C=O) groups is 1. The zero-order valence-corrected chi connectivity index (χ0v) is 8.15. The van der Waals surface area contributed by atoms with E-state index < -0.39 is 12.3 Å². The van der Waals surface area contributed by atoms with Crippen molar-refractivity contribution >= 4 is 5.97 Å². The predicted molar refractivity (Wildman–Crippen MR) is 50.0 cm³/mol. The van der Waals surface area contributed by atoms with E-state index in [1.54, 1.807) is 6.08 Å². The van der Waals surface area contributed by atoms with Crippen LogP contribution in [0.5, 0.6) is 0 Å². The topological polar surface area (TPSA) is 44.8 Å². The number of hydrogen-bond donors (Lipinski definition) is 0. The van der Waals surface area contributed by atoms with Crippen LogP contribution in [-0.4, -0.2) is 19.4 Å². The van der Waals surface area contributed by atoms with Crippen molar-refractivity contribution in [2.75, 3.05) is 7.11 Å². The molecular weight excluding hydrogens is 184 g/mol. The Morgan fingerprint density at radius 3 is 2.93 bits per heavy atom. The number of methoxy groups -OCH3 is 1. The summed E-state index contributed by atoms with van der Waals surface area (Å²) in [5, 5.41) is 0. The highest BCUT2D eigenvalue weighted by molar-refractivity contribution is 5.81. The molecule has 0 saturated carbocycles. The van der Waals surface area contributed by atoms with Gasteiger partial charge in [-0.1, -0.05) is 6.58 Å². The average molecular weight is 196 g/mol. The quantitative estimate of drug-likeness (QED) is 0.390. The maximum atomic E-state index is 10.7. The van der Waals surface area contributed by atoms with Crippen molar-refractivity contribution in [1.82, 2.24) is 0 Å². The molecule has 76 valence electrons. The summed E-state index contributed by atoms with van der Waals surface area (Å²) in [6.07, 6.45) is 3.68. The summed E-state index contributed by atoms with van der Waals surface area (Å²) in [7, 11) is 1.30. The van der Waals surface area contributed by atoms with E-state index in [-0.39, 0.29) is 0 Å².